The van der Waals surface area contributed by atoms with Crippen LogP contribution in [0.5, 0.6) is 0 Å². The summed E-state index contributed by atoms with van der Waals surface area (Å²) in [6, 6.07) is 15.1. The van der Waals surface area contributed by atoms with Gasteiger partial charge in [-0.3, -0.25) is 9.13 Å². The van der Waals surface area contributed by atoms with E-state index in [1.165, 1.54) is 17.3 Å². The number of rotatable bonds is 6. The fourth-order valence-electron chi connectivity index (χ4n) is 3.94. The van der Waals surface area contributed by atoms with E-state index >= 15 is 0 Å². The van der Waals surface area contributed by atoms with Gasteiger partial charge in [0.15, 0.2) is 5.16 Å². The van der Waals surface area contributed by atoms with E-state index in [9.17, 15) is 8.78 Å². The van der Waals surface area contributed by atoms with Gasteiger partial charge in [-0.05, 0) is 44.0 Å². The number of nitrogens with zero attached hydrogens (tertiary/aromatic N) is 6. The Morgan fingerprint density at radius 1 is 1.00 bits per heavy atom. The lowest BCUT2D eigenvalue weighted by Crippen LogP contribution is -2.22. The zero-order valence-corrected chi connectivity index (χ0v) is 17.9. The Balaban J connectivity index is 1.51. The first-order valence-corrected chi connectivity index (χ1v) is 11.2. The van der Waals surface area contributed by atoms with Crippen LogP contribution in [0.25, 0.3) is 16.7 Å². The summed E-state index contributed by atoms with van der Waals surface area (Å²) >= 11 is 1.37. The molecular formula is C22H22F2N6S. The number of aryl methyl sites for hydroxylation is 1. The molecule has 0 spiro atoms. The van der Waals surface area contributed by atoms with Gasteiger partial charge in [0.25, 0.3) is 0 Å². The number of imidazole rings is 1. The maximum atomic E-state index is 13.8. The van der Waals surface area contributed by atoms with Crippen LogP contribution < -0.4 is 4.90 Å². The normalized spacial score (nSPS) is 14.3. The smallest absolute Gasteiger partial charge is 0.320 e. The minimum atomic E-state index is -2.65. The summed E-state index contributed by atoms with van der Waals surface area (Å²) < 4.78 is 30.6. The van der Waals surface area contributed by atoms with Gasteiger partial charge in [-0.2, -0.15) is 8.78 Å². The Hall–Kier alpha value is -2.94. The molecule has 0 radical (unpaired) electrons. The molecular weight excluding hydrogens is 418 g/mol. The third-order valence-electron chi connectivity index (χ3n) is 5.49. The highest BCUT2D eigenvalue weighted by Crippen LogP contribution is 2.32. The second-order valence-electron chi connectivity index (χ2n) is 7.60. The van der Waals surface area contributed by atoms with E-state index in [1.807, 2.05) is 35.8 Å². The highest BCUT2D eigenvalue weighted by atomic mass is 32.2. The molecule has 0 unspecified atom stereocenters. The van der Waals surface area contributed by atoms with Crippen LogP contribution in [0, 0.1) is 6.92 Å². The molecule has 1 fully saturated rings. The first kappa shape index (κ1) is 20.0. The van der Waals surface area contributed by atoms with Crippen molar-refractivity contribution in [3.63, 3.8) is 0 Å². The molecule has 0 saturated carbocycles. The van der Waals surface area contributed by atoms with Gasteiger partial charge in [0.2, 0.25) is 5.95 Å². The molecule has 31 heavy (non-hydrogen) atoms. The predicted octanol–water partition coefficient (Wildman–Crippen LogP) is 5.21. The fraction of sp³-hybridized carbons (Fsp3) is 0.318. The van der Waals surface area contributed by atoms with Gasteiger partial charge >= 0.3 is 6.55 Å². The zero-order chi connectivity index (χ0) is 21.4. The van der Waals surface area contributed by atoms with Gasteiger partial charge < -0.3 is 4.90 Å². The number of alkyl halides is 2. The predicted molar refractivity (Wildman–Crippen MR) is 118 cm³/mol. The quantitative estimate of drug-likeness (QED) is 0.385. The third-order valence-corrected chi connectivity index (χ3v) is 6.42. The number of fused-ring (bicyclic) bond motifs is 1. The molecule has 2 aromatic heterocycles. The van der Waals surface area contributed by atoms with Gasteiger partial charge in [-0.15, -0.1) is 10.2 Å². The molecule has 0 amide bonds. The van der Waals surface area contributed by atoms with Crippen LogP contribution in [-0.2, 0) is 5.75 Å². The van der Waals surface area contributed by atoms with Crippen LogP contribution in [-0.4, -0.2) is 37.4 Å². The average molecular weight is 441 g/mol. The van der Waals surface area contributed by atoms with Gasteiger partial charge in [0.05, 0.1) is 22.5 Å². The van der Waals surface area contributed by atoms with Gasteiger partial charge in [-0.1, -0.05) is 41.6 Å². The maximum absolute atomic E-state index is 13.8. The Bertz CT molecular complexity index is 1190. The monoisotopic (exact) mass is 440 g/mol. The average Bonchev–Trinajstić information content (AvgIpc) is 3.50. The number of hydrogen-bond donors (Lipinski definition) is 0. The van der Waals surface area contributed by atoms with E-state index in [0.717, 1.165) is 42.1 Å². The SMILES string of the molecule is Cc1ccc(-n2c(SCc3nc4ccccc4n3C(F)F)nnc2N2CCCC2)cc1. The summed E-state index contributed by atoms with van der Waals surface area (Å²) in [5, 5.41) is 9.53. The van der Waals surface area contributed by atoms with E-state index in [0.29, 0.717) is 22.0 Å². The highest BCUT2D eigenvalue weighted by molar-refractivity contribution is 7.98. The summed E-state index contributed by atoms with van der Waals surface area (Å²) in [7, 11) is 0. The van der Waals surface area contributed by atoms with Crippen LogP contribution in [0.15, 0.2) is 53.7 Å². The van der Waals surface area contributed by atoms with Crippen molar-refractivity contribution in [1.82, 2.24) is 24.3 Å². The third kappa shape index (κ3) is 3.78. The Kier molecular flexibility index (Phi) is 5.35. The first-order chi connectivity index (χ1) is 15.1. The van der Waals surface area contributed by atoms with E-state index in [-0.39, 0.29) is 5.75 Å². The summed E-state index contributed by atoms with van der Waals surface area (Å²) in [6.07, 6.45) is 2.25. The van der Waals surface area contributed by atoms with Crippen LogP contribution in [0.2, 0.25) is 0 Å². The molecule has 160 valence electrons. The standard InChI is InChI=1S/C22H22F2N6S/c1-15-8-10-16(11-9-15)29-21(28-12-4-5-13-28)26-27-22(29)31-14-19-25-17-6-2-3-7-18(17)30(19)20(23)24/h2-3,6-11,20H,4-5,12-14H2,1H3. The van der Waals surface area contributed by atoms with Crippen molar-refractivity contribution in [2.24, 2.45) is 0 Å². The Morgan fingerprint density at radius 2 is 1.74 bits per heavy atom. The molecule has 0 bridgehead atoms. The molecule has 1 aliphatic rings. The molecule has 3 heterocycles. The number of para-hydroxylation sites is 2. The van der Waals surface area contributed by atoms with E-state index < -0.39 is 6.55 Å². The number of hydrogen-bond acceptors (Lipinski definition) is 5. The zero-order valence-electron chi connectivity index (χ0n) is 17.1. The van der Waals surface area contributed by atoms with Crippen molar-refractivity contribution in [2.45, 2.75) is 37.2 Å². The van der Waals surface area contributed by atoms with Crippen molar-refractivity contribution in [1.29, 1.82) is 0 Å². The van der Waals surface area contributed by atoms with Crippen molar-refractivity contribution >= 4 is 28.7 Å². The molecule has 0 aliphatic carbocycles. The van der Waals surface area contributed by atoms with Gasteiger partial charge in [-0.25, -0.2) is 4.98 Å². The largest absolute Gasteiger partial charge is 0.341 e. The number of anilines is 1. The molecule has 6 nitrogen and oxygen atoms in total. The molecule has 5 rings (SSSR count). The van der Waals surface area contributed by atoms with E-state index in [1.54, 1.807) is 24.3 Å². The summed E-state index contributed by atoms with van der Waals surface area (Å²) in [5.74, 6) is 1.39. The van der Waals surface area contributed by atoms with Crippen LogP contribution in [0.4, 0.5) is 14.7 Å². The van der Waals surface area contributed by atoms with Crippen molar-refractivity contribution in [3.05, 3.63) is 59.9 Å². The fourth-order valence-corrected chi connectivity index (χ4v) is 4.82. The number of thioether (sulfide) groups is 1. The molecule has 0 atom stereocenters. The Morgan fingerprint density at radius 3 is 2.48 bits per heavy atom. The maximum Gasteiger partial charge on any atom is 0.320 e. The van der Waals surface area contributed by atoms with E-state index in [2.05, 4.69) is 20.1 Å². The van der Waals surface area contributed by atoms with Crippen LogP contribution >= 0.6 is 11.8 Å². The van der Waals surface area contributed by atoms with Gasteiger partial charge in [0, 0.05) is 13.1 Å². The lowest BCUT2D eigenvalue weighted by atomic mass is 10.2. The van der Waals surface area contributed by atoms with E-state index in [4.69, 9.17) is 0 Å². The van der Waals surface area contributed by atoms with Gasteiger partial charge in [0.1, 0.15) is 5.82 Å². The molecule has 0 N–H and O–H groups in total. The number of benzene rings is 2. The minimum Gasteiger partial charge on any atom is -0.341 e. The molecule has 1 aliphatic heterocycles. The number of aromatic nitrogens is 5. The van der Waals surface area contributed by atoms with Crippen LogP contribution in [0.1, 0.15) is 30.8 Å². The van der Waals surface area contributed by atoms with Crippen molar-refractivity contribution < 1.29 is 8.78 Å². The molecule has 9 heteroatoms. The van der Waals surface area contributed by atoms with Crippen LogP contribution in [0.3, 0.4) is 0 Å². The summed E-state index contributed by atoms with van der Waals surface area (Å²) in [5.41, 5.74) is 3.13. The minimum absolute atomic E-state index is 0.267. The molecule has 1 saturated heterocycles. The molecule has 4 aromatic rings. The first-order valence-electron chi connectivity index (χ1n) is 10.3. The lowest BCUT2D eigenvalue weighted by molar-refractivity contribution is 0.0722. The topological polar surface area (TPSA) is 51.8 Å². The second-order valence-corrected chi connectivity index (χ2v) is 8.54. The lowest BCUT2D eigenvalue weighted by Gasteiger charge is -2.18. The van der Waals surface area contributed by atoms with Crippen molar-refractivity contribution in [3.8, 4) is 5.69 Å². The second kappa shape index (κ2) is 8.30. The number of halogens is 2. The molecule has 2 aromatic carbocycles. The Labute approximate surface area is 182 Å². The summed E-state index contributed by atoms with van der Waals surface area (Å²) in [6.45, 7) is 1.27. The van der Waals surface area contributed by atoms with Crippen molar-refractivity contribution in [2.75, 3.05) is 18.0 Å². The highest BCUT2D eigenvalue weighted by Gasteiger charge is 2.24. The summed E-state index contributed by atoms with van der Waals surface area (Å²) in [4.78, 5) is 6.67.